The summed E-state index contributed by atoms with van der Waals surface area (Å²) in [6.07, 6.45) is 0. The van der Waals surface area contributed by atoms with Gasteiger partial charge in [0.2, 0.25) is 5.91 Å². The van der Waals surface area contributed by atoms with E-state index in [0.717, 1.165) is 27.6 Å². The van der Waals surface area contributed by atoms with Crippen molar-refractivity contribution < 1.29 is 13.9 Å². The van der Waals surface area contributed by atoms with Crippen molar-refractivity contribution in [1.82, 2.24) is 4.90 Å². The highest BCUT2D eigenvalue weighted by atomic mass is 19.1. The Morgan fingerprint density at radius 2 is 1.52 bits per heavy atom. The van der Waals surface area contributed by atoms with E-state index in [1.807, 2.05) is 50.2 Å². The van der Waals surface area contributed by atoms with E-state index in [9.17, 15) is 9.18 Å². The van der Waals surface area contributed by atoms with E-state index in [4.69, 9.17) is 4.74 Å². The van der Waals surface area contributed by atoms with Gasteiger partial charge >= 0.3 is 0 Å². The van der Waals surface area contributed by atoms with Crippen LogP contribution in [0.2, 0.25) is 0 Å². The Labute approximate surface area is 159 Å². The van der Waals surface area contributed by atoms with Gasteiger partial charge in [-0.15, -0.1) is 0 Å². The molecule has 0 bridgehead atoms. The molecule has 0 aromatic heterocycles. The van der Waals surface area contributed by atoms with Gasteiger partial charge in [-0.3, -0.25) is 4.79 Å². The topological polar surface area (TPSA) is 29.5 Å². The van der Waals surface area contributed by atoms with Crippen molar-refractivity contribution in [3.8, 4) is 5.75 Å². The molecule has 1 amide bonds. The molecule has 3 nitrogen and oxygen atoms in total. The molecule has 1 unspecified atom stereocenters. The van der Waals surface area contributed by atoms with Crippen LogP contribution in [0.15, 0.2) is 60.7 Å². The fourth-order valence-electron chi connectivity index (χ4n) is 3.24. The van der Waals surface area contributed by atoms with Crippen LogP contribution in [0.5, 0.6) is 5.75 Å². The number of ether oxygens (including phenoxy) is 1. The number of carbonyl (C=O) groups excluding carboxylic acids is 1. The first-order valence-electron chi connectivity index (χ1n) is 9.00. The van der Waals surface area contributed by atoms with E-state index >= 15 is 0 Å². The Hall–Kier alpha value is -2.88. The van der Waals surface area contributed by atoms with Crippen molar-refractivity contribution in [3.63, 3.8) is 0 Å². The zero-order valence-corrected chi connectivity index (χ0v) is 16.1. The summed E-state index contributed by atoms with van der Waals surface area (Å²) >= 11 is 0. The normalized spacial score (nSPS) is 13.2. The molecule has 3 rings (SSSR count). The van der Waals surface area contributed by atoms with Crippen LogP contribution in [0.1, 0.15) is 36.9 Å². The monoisotopic (exact) mass is 365 g/mol. The molecule has 0 aliphatic carbocycles. The zero-order chi connectivity index (χ0) is 19.6. The Morgan fingerprint density at radius 3 is 2.19 bits per heavy atom. The second-order valence-electron chi connectivity index (χ2n) is 6.87. The number of halogens is 1. The van der Waals surface area contributed by atoms with Crippen LogP contribution in [0, 0.1) is 5.82 Å². The lowest BCUT2D eigenvalue weighted by atomic mass is 9.95. The Balaban J connectivity index is 1.81. The summed E-state index contributed by atoms with van der Waals surface area (Å²) in [7, 11) is 3.44. The van der Waals surface area contributed by atoms with E-state index in [-0.39, 0.29) is 23.7 Å². The highest BCUT2D eigenvalue weighted by Gasteiger charge is 2.24. The quantitative estimate of drug-likeness (QED) is 0.613. The molecular formula is C23H24FNO2. The predicted molar refractivity (Wildman–Crippen MR) is 107 cm³/mol. The molecule has 0 saturated heterocycles. The lowest BCUT2D eigenvalue weighted by Crippen LogP contribution is -2.33. The van der Waals surface area contributed by atoms with Crippen LogP contribution < -0.4 is 4.74 Å². The number of carbonyl (C=O) groups is 1. The van der Waals surface area contributed by atoms with Gasteiger partial charge in [-0.25, -0.2) is 4.39 Å². The summed E-state index contributed by atoms with van der Waals surface area (Å²) in [5, 5.41) is 2.15. The Morgan fingerprint density at radius 1 is 0.926 bits per heavy atom. The lowest BCUT2D eigenvalue weighted by molar-refractivity contribution is -0.133. The molecule has 0 fully saturated rings. The van der Waals surface area contributed by atoms with Crippen LogP contribution in [0.25, 0.3) is 10.8 Å². The molecule has 3 aromatic carbocycles. The first-order valence-corrected chi connectivity index (χ1v) is 9.00. The Kier molecular flexibility index (Phi) is 5.45. The molecule has 0 saturated carbocycles. The predicted octanol–water partition coefficient (Wildman–Crippen LogP) is 5.31. The van der Waals surface area contributed by atoms with Crippen molar-refractivity contribution in [3.05, 3.63) is 77.6 Å². The number of nitrogens with zero attached hydrogens (tertiary/aromatic N) is 1. The van der Waals surface area contributed by atoms with Crippen molar-refractivity contribution >= 4 is 16.7 Å². The summed E-state index contributed by atoms with van der Waals surface area (Å²) in [6.45, 7) is 3.87. The maximum absolute atomic E-state index is 13.1. The minimum Gasteiger partial charge on any atom is -0.497 e. The summed E-state index contributed by atoms with van der Waals surface area (Å²) in [5.74, 6) is 0.289. The van der Waals surface area contributed by atoms with Gasteiger partial charge in [-0.05, 0) is 60.0 Å². The lowest BCUT2D eigenvalue weighted by Gasteiger charge is -2.28. The van der Waals surface area contributed by atoms with E-state index in [0.29, 0.717) is 0 Å². The van der Waals surface area contributed by atoms with E-state index in [1.54, 1.807) is 31.2 Å². The second kappa shape index (κ2) is 7.78. The smallest absolute Gasteiger partial charge is 0.230 e. The number of likely N-dealkylation sites (N-methyl/N-ethyl adjacent to an activating group) is 1. The third-order valence-electron chi connectivity index (χ3n) is 5.22. The van der Waals surface area contributed by atoms with E-state index in [1.165, 1.54) is 12.1 Å². The minimum absolute atomic E-state index is 0.0275. The number of amides is 1. The maximum atomic E-state index is 13.1. The number of fused-ring (bicyclic) bond motifs is 1. The average Bonchev–Trinajstić information content (AvgIpc) is 2.71. The van der Waals surface area contributed by atoms with Gasteiger partial charge in [0, 0.05) is 7.05 Å². The second-order valence-corrected chi connectivity index (χ2v) is 6.87. The van der Waals surface area contributed by atoms with Gasteiger partial charge in [0.15, 0.2) is 0 Å². The number of hydrogen-bond acceptors (Lipinski definition) is 2. The van der Waals surface area contributed by atoms with Gasteiger partial charge in [-0.2, -0.15) is 0 Å². The van der Waals surface area contributed by atoms with E-state index in [2.05, 4.69) is 0 Å². The van der Waals surface area contributed by atoms with Crippen LogP contribution in [-0.4, -0.2) is 25.0 Å². The van der Waals surface area contributed by atoms with Crippen molar-refractivity contribution in [2.45, 2.75) is 25.8 Å². The van der Waals surface area contributed by atoms with Gasteiger partial charge in [0.05, 0.1) is 19.1 Å². The number of methoxy groups -OCH3 is 1. The minimum atomic E-state index is -0.277. The molecule has 3 aromatic rings. The standard InChI is InChI=1S/C23H24FNO2/c1-15(18-5-6-20-14-22(27-4)12-9-19(20)13-18)23(26)25(3)16(2)17-7-10-21(24)11-8-17/h5-16H,1-4H3/t15-,16?/m0/s1. The summed E-state index contributed by atoms with van der Waals surface area (Å²) < 4.78 is 18.4. The summed E-state index contributed by atoms with van der Waals surface area (Å²) in [4.78, 5) is 14.7. The molecule has 140 valence electrons. The van der Waals surface area contributed by atoms with Crippen molar-refractivity contribution in [2.75, 3.05) is 14.2 Å². The van der Waals surface area contributed by atoms with E-state index < -0.39 is 0 Å². The molecule has 4 heteroatoms. The molecule has 0 aliphatic heterocycles. The van der Waals surface area contributed by atoms with Crippen LogP contribution in [-0.2, 0) is 4.79 Å². The van der Waals surface area contributed by atoms with Crippen molar-refractivity contribution in [2.24, 2.45) is 0 Å². The number of hydrogen-bond donors (Lipinski definition) is 0. The maximum Gasteiger partial charge on any atom is 0.230 e. The fourth-order valence-corrected chi connectivity index (χ4v) is 3.24. The SMILES string of the molecule is COc1ccc2cc([C@H](C)C(=O)N(C)C(C)c3ccc(F)cc3)ccc2c1. The molecule has 27 heavy (non-hydrogen) atoms. The van der Waals surface area contributed by atoms with Crippen LogP contribution in [0.3, 0.4) is 0 Å². The molecule has 0 heterocycles. The largest absolute Gasteiger partial charge is 0.497 e. The first-order chi connectivity index (χ1) is 12.9. The highest BCUT2D eigenvalue weighted by molar-refractivity contribution is 5.88. The third-order valence-corrected chi connectivity index (χ3v) is 5.22. The highest BCUT2D eigenvalue weighted by Crippen LogP contribution is 2.28. The first kappa shape index (κ1) is 18.9. The van der Waals surface area contributed by atoms with Crippen LogP contribution in [0.4, 0.5) is 4.39 Å². The molecular weight excluding hydrogens is 341 g/mol. The summed E-state index contributed by atoms with van der Waals surface area (Å²) in [6, 6.07) is 18.1. The average molecular weight is 365 g/mol. The Bertz CT molecular complexity index is 952. The van der Waals surface area contributed by atoms with Gasteiger partial charge < -0.3 is 9.64 Å². The number of rotatable bonds is 5. The van der Waals surface area contributed by atoms with Gasteiger partial charge in [-0.1, -0.05) is 36.4 Å². The number of benzene rings is 3. The zero-order valence-electron chi connectivity index (χ0n) is 16.1. The van der Waals surface area contributed by atoms with Crippen LogP contribution >= 0.6 is 0 Å². The van der Waals surface area contributed by atoms with Crippen molar-refractivity contribution in [1.29, 1.82) is 0 Å². The third kappa shape index (κ3) is 3.95. The molecule has 0 radical (unpaired) electrons. The summed E-state index contributed by atoms with van der Waals surface area (Å²) in [5.41, 5.74) is 1.88. The fraction of sp³-hybridized carbons (Fsp3) is 0.261. The molecule has 0 N–H and O–H groups in total. The molecule has 2 atom stereocenters. The van der Waals surface area contributed by atoms with Gasteiger partial charge in [0.25, 0.3) is 0 Å². The molecule has 0 spiro atoms. The molecule has 0 aliphatic rings. The van der Waals surface area contributed by atoms with Gasteiger partial charge in [0.1, 0.15) is 11.6 Å².